The molecule has 0 atom stereocenters. The fraction of sp³-hybridized carbons (Fsp3) is 0.200. The van der Waals surface area contributed by atoms with Crippen molar-refractivity contribution < 1.29 is 19.1 Å². The average molecular weight is 380 g/mol. The second-order valence-corrected chi connectivity index (χ2v) is 5.84. The minimum Gasteiger partial charge on any atom is -0.465 e. The zero-order valence-electron chi connectivity index (χ0n) is 15.8. The molecule has 0 radical (unpaired) electrons. The van der Waals surface area contributed by atoms with Crippen LogP contribution >= 0.6 is 0 Å². The summed E-state index contributed by atoms with van der Waals surface area (Å²) < 4.78 is 11.4. The summed E-state index contributed by atoms with van der Waals surface area (Å²) in [5.41, 5.74) is 2.56. The molecule has 8 nitrogen and oxygen atoms in total. The number of anilines is 1. The molecule has 0 bridgehead atoms. The van der Waals surface area contributed by atoms with Crippen LogP contribution < -0.4 is 4.90 Å². The monoisotopic (exact) mass is 380 g/mol. The number of esters is 2. The van der Waals surface area contributed by atoms with Crippen molar-refractivity contribution in [2.75, 3.05) is 19.1 Å². The second kappa shape index (κ2) is 8.34. The molecular formula is C20H20N4O4. The van der Waals surface area contributed by atoms with Gasteiger partial charge in [0, 0.05) is 11.9 Å². The number of aryl methyl sites for hydroxylation is 1. The highest BCUT2D eigenvalue weighted by atomic mass is 16.5. The second-order valence-electron chi connectivity index (χ2n) is 5.84. The molecule has 28 heavy (non-hydrogen) atoms. The predicted octanol–water partition coefficient (Wildman–Crippen LogP) is 2.32. The van der Waals surface area contributed by atoms with E-state index in [0.717, 1.165) is 17.8 Å². The lowest BCUT2D eigenvalue weighted by Gasteiger charge is -2.23. The fourth-order valence-electron chi connectivity index (χ4n) is 2.72. The highest BCUT2D eigenvalue weighted by Crippen LogP contribution is 2.27. The van der Waals surface area contributed by atoms with Gasteiger partial charge in [-0.1, -0.05) is 18.2 Å². The first-order valence-corrected chi connectivity index (χ1v) is 8.65. The minimum atomic E-state index is -0.649. The van der Waals surface area contributed by atoms with Crippen molar-refractivity contribution in [3.63, 3.8) is 0 Å². The summed E-state index contributed by atoms with van der Waals surface area (Å²) in [5, 5.41) is 8.19. The molecule has 0 N–H and O–H groups in total. The van der Waals surface area contributed by atoms with Crippen molar-refractivity contribution in [1.29, 1.82) is 0 Å². The van der Waals surface area contributed by atoms with E-state index in [9.17, 15) is 9.59 Å². The molecule has 0 amide bonds. The number of hydrogen-bond acceptors (Lipinski definition) is 7. The van der Waals surface area contributed by atoms with Crippen LogP contribution in [0.4, 0.5) is 5.69 Å². The van der Waals surface area contributed by atoms with Gasteiger partial charge in [0.15, 0.2) is 0 Å². The molecule has 0 saturated carbocycles. The van der Waals surface area contributed by atoms with Gasteiger partial charge in [-0.25, -0.2) is 14.3 Å². The zero-order valence-corrected chi connectivity index (χ0v) is 15.8. The number of ether oxygens (including phenoxy) is 2. The number of rotatable bonds is 5. The summed E-state index contributed by atoms with van der Waals surface area (Å²) in [4.78, 5) is 26.2. The first kappa shape index (κ1) is 19.1. The van der Waals surface area contributed by atoms with Crippen molar-refractivity contribution in [1.82, 2.24) is 15.0 Å². The first-order chi connectivity index (χ1) is 13.6. The van der Waals surface area contributed by atoms with Gasteiger partial charge >= 0.3 is 11.9 Å². The molecule has 1 aromatic heterocycles. The van der Waals surface area contributed by atoms with E-state index in [2.05, 4.69) is 10.3 Å². The number of benzene rings is 1. The van der Waals surface area contributed by atoms with Gasteiger partial charge in [-0.05, 0) is 42.8 Å². The van der Waals surface area contributed by atoms with Crippen molar-refractivity contribution >= 4 is 17.6 Å². The third-order valence-corrected chi connectivity index (χ3v) is 4.18. The van der Waals surface area contributed by atoms with E-state index < -0.39 is 11.9 Å². The van der Waals surface area contributed by atoms with Crippen LogP contribution in [-0.4, -0.2) is 41.2 Å². The number of hydrogen-bond donors (Lipinski definition) is 0. The van der Waals surface area contributed by atoms with Crippen LogP contribution in [0.3, 0.4) is 0 Å². The molecular weight excluding hydrogens is 360 g/mol. The van der Waals surface area contributed by atoms with E-state index in [1.807, 2.05) is 37.4 Å². The van der Waals surface area contributed by atoms with Gasteiger partial charge in [-0.15, -0.1) is 5.10 Å². The van der Waals surface area contributed by atoms with Crippen LogP contribution in [0, 0.1) is 0 Å². The lowest BCUT2D eigenvalue weighted by atomic mass is 10.1. The normalized spacial score (nSPS) is 13.5. The van der Waals surface area contributed by atoms with Crippen LogP contribution in [0.25, 0.3) is 5.69 Å². The van der Waals surface area contributed by atoms with E-state index >= 15 is 0 Å². The maximum absolute atomic E-state index is 12.4. The Morgan fingerprint density at radius 3 is 2.29 bits per heavy atom. The highest BCUT2D eigenvalue weighted by Gasteiger charge is 2.27. The molecule has 0 unspecified atom stereocenters. The SMILES string of the molecule is CCc1cn(-c2ccc(N3C=CC=CC(C(=O)OC)=C3C(=O)OC)cc2)nn1. The van der Waals surface area contributed by atoms with Gasteiger partial charge in [-0.3, -0.25) is 0 Å². The number of carbonyl (C=O) groups is 2. The minimum absolute atomic E-state index is 0.0705. The van der Waals surface area contributed by atoms with Crippen molar-refractivity contribution in [2.24, 2.45) is 0 Å². The summed E-state index contributed by atoms with van der Waals surface area (Å²) in [6.07, 6.45) is 9.24. The van der Waals surface area contributed by atoms with Gasteiger partial charge in [0.1, 0.15) is 5.70 Å². The Morgan fingerprint density at radius 1 is 1.00 bits per heavy atom. The topological polar surface area (TPSA) is 86.5 Å². The Hall–Kier alpha value is -3.68. The number of aromatic nitrogens is 3. The summed E-state index contributed by atoms with van der Waals surface area (Å²) in [6, 6.07) is 7.33. The molecule has 1 aliphatic heterocycles. The van der Waals surface area contributed by atoms with Gasteiger partial charge in [0.2, 0.25) is 0 Å². The van der Waals surface area contributed by atoms with Crippen molar-refractivity contribution in [3.8, 4) is 5.69 Å². The zero-order chi connectivity index (χ0) is 20.1. The fourth-order valence-corrected chi connectivity index (χ4v) is 2.72. The molecule has 0 spiro atoms. The number of nitrogens with zero attached hydrogens (tertiary/aromatic N) is 4. The molecule has 144 valence electrons. The van der Waals surface area contributed by atoms with Crippen LogP contribution in [0.2, 0.25) is 0 Å². The Morgan fingerprint density at radius 2 is 1.68 bits per heavy atom. The standard InChI is InChI=1S/C20H20N4O4/c1-4-14-13-24(22-21-14)16-10-8-15(9-11-16)23-12-6-5-7-17(19(25)27-2)18(23)20(26)28-3/h5-13H,4H2,1-3H3. The summed E-state index contributed by atoms with van der Waals surface area (Å²) in [5.74, 6) is -1.28. The van der Waals surface area contributed by atoms with E-state index in [4.69, 9.17) is 9.47 Å². The molecule has 0 aliphatic carbocycles. The average Bonchev–Trinajstić information content (AvgIpc) is 3.11. The largest absolute Gasteiger partial charge is 0.465 e. The molecule has 2 aromatic rings. The summed E-state index contributed by atoms with van der Waals surface area (Å²) in [7, 11) is 2.53. The summed E-state index contributed by atoms with van der Waals surface area (Å²) >= 11 is 0. The molecule has 1 aromatic carbocycles. The molecule has 8 heteroatoms. The van der Waals surface area contributed by atoms with E-state index in [0.29, 0.717) is 5.69 Å². The van der Waals surface area contributed by atoms with Gasteiger partial charge in [0.05, 0.1) is 37.4 Å². The van der Waals surface area contributed by atoms with E-state index in [1.54, 1.807) is 27.9 Å². The van der Waals surface area contributed by atoms with Crippen molar-refractivity contribution in [3.05, 3.63) is 71.9 Å². The Kier molecular flexibility index (Phi) is 5.69. The molecule has 0 saturated heterocycles. The van der Waals surface area contributed by atoms with Crippen molar-refractivity contribution in [2.45, 2.75) is 13.3 Å². The van der Waals surface area contributed by atoms with Gasteiger partial charge in [0.25, 0.3) is 0 Å². The highest BCUT2D eigenvalue weighted by molar-refractivity contribution is 6.05. The van der Waals surface area contributed by atoms with Gasteiger partial charge < -0.3 is 14.4 Å². The number of allylic oxidation sites excluding steroid dienone is 2. The Bertz CT molecular complexity index is 970. The maximum Gasteiger partial charge on any atom is 0.355 e. The predicted molar refractivity (Wildman–Crippen MR) is 103 cm³/mol. The smallest absolute Gasteiger partial charge is 0.355 e. The van der Waals surface area contributed by atoms with Crippen LogP contribution in [-0.2, 0) is 25.5 Å². The Labute approximate surface area is 162 Å². The molecule has 0 fully saturated rings. The van der Waals surface area contributed by atoms with Crippen LogP contribution in [0.5, 0.6) is 0 Å². The van der Waals surface area contributed by atoms with E-state index in [1.165, 1.54) is 20.3 Å². The lowest BCUT2D eigenvalue weighted by Crippen LogP contribution is -2.26. The Balaban J connectivity index is 2.02. The molecule has 2 heterocycles. The molecule has 3 rings (SSSR count). The third kappa shape index (κ3) is 3.71. The number of methoxy groups -OCH3 is 2. The summed E-state index contributed by atoms with van der Waals surface area (Å²) in [6.45, 7) is 2.01. The van der Waals surface area contributed by atoms with Gasteiger partial charge in [-0.2, -0.15) is 0 Å². The first-order valence-electron chi connectivity index (χ1n) is 8.65. The quantitative estimate of drug-likeness (QED) is 0.736. The van der Waals surface area contributed by atoms with Crippen LogP contribution in [0.15, 0.2) is 66.2 Å². The number of carbonyl (C=O) groups excluding carboxylic acids is 2. The van der Waals surface area contributed by atoms with E-state index in [-0.39, 0.29) is 11.3 Å². The maximum atomic E-state index is 12.4. The lowest BCUT2D eigenvalue weighted by molar-refractivity contribution is -0.139. The van der Waals surface area contributed by atoms with Crippen LogP contribution in [0.1, 0.15) is 12.6 Å². The molecule has 1 aliphatic rings. The third-order valence-electron chi connectivity index (χ3n) is 4.18.